The van der Waals surface area contributed by atoms with E-state index in [0.717, 1.165) is 24.9 Å². The van der Waals surface area contributed by atoms with Gasteiger partial charge in [-0.05, 0) is 63.3 Å². The monoisotopic (exact) mass is 290 g/mol. The van der Waals surface area contributed by atoms with Gasteiger partial charge >= 0.3 is 6.03 Å². The van der Waals surface area contributed by atoms with Crippen molar-refractivity contribution in [3.63, 3.8) is 0 Å². The van der Waals surface area contributed by atoms with E-state index in [0.29, 0.717) is 6.54 Å². The Morgan fingerprint density at radius 3 is 2.81 bits per heavy atom. The lowest BCUT2D eigenvalue weighted by Gasteiger charge is -2.33. The van der Waals surface area contributed by atoms with E-state index in [9.17, 15) is 9.90 Å². The summed E-state index contributed by atoms with van der Waals surface area (Å²) < 4.78 is 0. The van der Waals surface area contributed by atoms with Crippen LogP contribution in [-0.4, -0.2) is 34.2 Å². The number of rotatable bonds is 3. The normalized spacial score (nSPS) is 18.9. The number of benzene rings is 1. The summed E-state index contributed by atoms with van der Waals surface area (Å²) in [4.78, 5) is 14.2. The van der Waals surface area contributed by atoms with E-state index in [-0.39, 0.29) is 12.1 Å². The smallest absolute Gasteiger partial charge is 0.322 e. The number of carbonyl (C=O) groups excluding carboxylic acids is 1. The van der Waals surface area contributed by atoms with Gasteiger partial charge in [-0.1, -0.05) is 13.0 Å². The first-order valence-electron chi connectivity index (χ1n) is 7.72. The van der Waals surface area contributed by atoms with Gasteiger partial charge in [0.15, 0.2) is 0 Å². The second kappa shape index (κ2) is 6.06. The third-order valence-electron chi connectivity index (χ3n) is 4.31. The summed E-state index contributed by atoms with van der Waals surface area (Å²) in [7, 11) is 0. The van der Waals surface area contributed by atoms with Crippen molar-refractivity contribution in [1.82, 2.24) is 4.90 Å². The first-order chi connectivity index (χ1) is 9.82. The van der Waals surface area contributed by atoms with E-state index in [1.54, 1.807) is 18.7 Å². The lowest BCUT2D eigenvalue weighted by molar-refractivity contribution is 0.0117. The Bertz CT molecular complexity index is 520. The first kappa shape index (κ1) is 15.8. The standard InChI is InChI=1S/C17H26N2O2/c1-5-13-11-14(9-8-12(13)2)18-16(20)19-10-6-7-15(19)17(3,4)21/h8-9,11,15,21H,5-7,10H2,1-4H3,(H,18,20). The summed E-state index contributed by atoms with van der Waals surface area (Å²) in [5, 5.41) is 13.2. The summed E-state index contributed by atoms with van der Waals surface area (Å²) in [6, 6.07) is 5.76. The average molecular weight is 290 g/mol. The number of urea groups is 1. The zero-order chi connectivity index (χ0) is 15.6. The van der Waals surface area contributed by atoms with Crippen molar-refractivity contribution in [3.8, 4) is 0 Å². The first-order valence-corrected chi connectivity index (χ1v) is 7.72. The van der Waals surface area contributed by atoms with E-state index < -0.39 is 5.60 Å². The quantitative estimate of drug-likeness (QED) is 0.897. The number of nitrogens with one attached hydrogen (secondary N) is 1. The van der Waals surface area contributed by atoms with Crippen LogP contribution in [0.15, 0.2) is 18.2 Å². The van der Waals surface area contributed by atoms with E-state index in [1.807, 2.05) is 18.2 Å². The van der Waals surface area contributed by atoms with Crippen LogP contribution in [0.5, 0.6) is 0 Å². The minimum absolute atomic E-state index is 0.117. The Labute approximate surface area is 127 Å². The van der Waals surface area contributed by atoms with Gasteiger partial charge in [-0.3, -0.25) is 0 Å². The second-order valence-corrected chi connectivity index (χ2v) is 6.43. The van der Waals surface area contributed by atoms with Crippen LogP contribution in [0.1, 0.15) is 44.7 Å². The van der Waals surface area contributed by atoms with Gasteiger partial charge in [-0.2, -0.15) is 0 Å². The third-order valence-corrected chi connectivity index (χ3v) is 4.31. The number of anilines is 1. The van der Waals surface area contributed by atoms with Crippen molar-refractivity contribution in [1.29, 1.82) is 0 Å². The van der Waals surface area contributed by atoms with Crippen molar-refractivity contribution in [2.45, 2.75) is 58.6 Å². The number of hydrogen-bond donors (Lipinski definition) is 2. The van der Waals surface area contributed by atoms with E-state index >= 15 is 0 Å². The third kappa shape index (κ3) is 3.56. The molecule has 1 aromatic rings. The predicted octanol–water partition coefficient (Wildman–Crippen LogP) is 3.32. The predicted molar refractivity (Wildman–Crippen MR) is 85.6 cm³/mol. The molecule has 0 spiro atoms. The zero-order valence-electron chi connectivity index (χ0n) is 13.4. The fraction of sp³-hybridized carbons (Fsp3) is 0.588. The number of aryl methyl sites for hydroxylation is 2. The molecule has 1 aromatic carbocycles. The molecule has 0 aromatic heterocycles. The average Bonchev–Trinajstić information content (AvgIpc) is 2.90. The summed E-state index contributed by atoms with van der Waals surface area (Å²) >= 11 is 0. The van der Waals surface area contributed by atoms with Crippen LogP contribution in [0.4, 0.5) is 10.5 Å². The molecule has 1 fully saturated rings. The van der Waals surface area contributed by atoms with Crippen molar-refractivity contribution in [3.05, 3.63) is 29.3 Å². The molecule has 21 heavy (non-hydrogen) atoms. The largest absolute Gasteiger partial charge is 0.388 e. The van der Waals surface area contributed by atoms with Crippen LogP contribution in [0.3, 0.4) is 0 Å². The molecule has 1 saturated heterocycles. The van der Waals surface area contributed by atoms with Gasteiger partial charge in [0.2, 0.25) is 0 Å². The van der Waals surface area contributed by atoms with E-state index in [4.69, 9.17) is 0 Å². The fourth-order valence-electron chi connectivity index (χ4n) is 3.07. The SMILES string of the molecule is CCc1cc(NC(=O)N2CCCC2C(C)(C)O)ccc1C. The fourth-order valence-corrected chi connectivity index (χ4v) is 3.07. The summed E-state index contributed by atoms with van der Waals surface area (Å²) in [6.45, 7) is 8.43. The van der Waals surface area contributed by atoms with Crippen LogP contribution in [0.25, 0.3) is 0 Å². The van der Waals surface area contributed by atoms with Crippen molar-refractivity contribution >= 4 is 11.7 Å². The molecular formula is C17H26N2O2. The maximum atomic E-state index is 12.5. The Hall–Kier alpha value is -1.55. The maximum absolute atomic E-state index is 12.5. The maximum Gasteiger partial charge on any atom is 0.322 e. The minimum atomic E-state index is -0.865. The molecule has 1 aliphatic rings. The van der Waals surface area contributed by atoms with Gasteiger partial charge in [0.05, 0.1) is 11.6 Å². The van der Waals surface area contributed by atoms with E-state index in [2.05, 4.69) is 19.2 Å². The van der Waals surface area contributed by atoms with Gasteiger partial charge in [-0.25, -0.2) is 4.79 Å². The molecule has 0 aliphatic carbocycles. The molecule has 0 saturated carbocycles. The molecule has 4 nitrogen and oxygen atoms in total. The Balaban J connectivity index is 2.11. The highest BCUT2D eigenvalue weighted by atomic mass is 16.3. The number of nitrogens with zero attached hydrogens (tertiary/aromatic N) is 1. The molecule has 0 bridgehead atoms. The Morgan fingerprint density at radius 1 is 1.48 bits per heavy atom. The highest BCUT2D eigenvalue weighted by Gasteiger charge is 2.38. The second-order valence-electron chi connectivity index (χ2n) is 6.43. The van der Waals surface area contributed by atoms with Crippen molar-refractivity contribution in [2.24, 2.45) is 0 Å². The number of aliphatic hydroxyl groups is 1. The topological polar surface area (TPSA) is 52.6 Å². The molecule has 116 valence electrons. The molecule has 1 heterocycles. The highest BCUT2D eigenvalue weighted by molar-refractivity contribution is 5.90. The lowest BCUT2D eigenvalue weighted by Crippen LogP contribution is -2.49. The van der Waals surface area contributed by atoms with Gasteiger partial charge < -0.3 is 15.3 Å². The van der Waals surface area contributed by atoms with Crippen LogP contribution in [0.2, 0.25) is 0 Å². The van der Waals surface area contributed by atoms with Crippen LogP contribution in [0, 0.1) is 6.92 Å². The zero-order valence-corrected chi connectivity index (χ0v) is 13.4. The molecule has 2 amide bonds. The van der Waals surface area contributed by atoms with Gasteiger partial charge in [0.25, 0.3) is 0 Å². The number of amides is 2. The van der Waals surface area contributed by atoms with Crippen molar-refractivity contribution in [2.75, 3.05) is 11.9 Å². The molecule has 1 atom stereocenters. The summed E-state index contributed by atoms with van der Waals surface area (Å²) in [6.07, 6.45) is 2.74. The molecule has 2 rings (SSSR count). The Morgan fingerprint density at radius 2 is 2.19 bits per heavy atom. The van der Waals surface area contributed by atoms with E-state index in [1.165, 1.54) is 11.1 Å². The summed E-state index contributed by atoms with van der Waals surface area (Å²) in [5.41, 5.74) is 2.44. The number of carbonyl (C=O) groups is 1. The van der Waals surface area contributed by atoms with Gasteiger partial charge in [-0.15, -0.1) is 0 Å². The van der Waals surface area contributed by atoms with Crippen LogP contribution in [-0.2, 0) is 6.42 Å². The molecule has 1 unspecified atom stereocenters. The number of likely N-dealkylation sites (tertiary alicyclic amines) is 1. The molecule has 0 radical (unpaired) electrons. The van der Waals surface area contributed by atoms with Gasteiger partial charge in [0, 0.05) is 12.2 Å². The molecular weight excluding hydrogens is 264 g/mol. The van der Waals surface area contributed by atoms with Gasteiger partial charge in [0.1, 0.15) is 0 Å². The Kier molecular flexibility index (Phi) is 4.57. The minimum Gasteiger partial charge on any atom is -0.388 e. The van der Waals surface area contributed by atoms with Crippen LogP contribution < -0.4 is 5.32 Å². The molecule has 2 N–H and O–H groups in total. The molecule has 4 heteroatoms. The highest BCUT2D eigenvalue weighted by Crippen LogP contribution is 2.27. The van der Waals surface area contributed by atoms with Crippen molar-refractivity contribution < 1.29 is 9.90 Å². The summed E-state index contributed by atoms with van der Waals surface area (Å²) in [5.74, 6) is 0. The molecule has 1 aliphatic heterocycles. The number of hydrogen-bond acceptors (Lipinski definition) is 2. The van der Waals surface area contributed by atoms with Crippen LogP contribution >= 0.6 is 0 Å². The lowest BCUT2D eigenvalue weighted by atomic mass is 9.97.